The molecule has 0 bridgehead atoms. The fraction of sp³-hybridized carbons (Fsp3) is 0.100. The average Bonchev–Trinajstić information content (AvgIpc) is 2.75. The van der Waals surface area contributed by atoms with Gasteiger partial charge in [0.25, 0.3) is 0 Å². The van der Waals surface area contributed by atoms with Crippen LogP contribution in [0, 0.1) is 0 Å². The molecule has 14 heavy (non-hydrogen) atoms. The molecule has 0 radical (unpaired) electrons. The summed E-state index contributed by atoms with van der Waals surface area (Å²) in [6.45, 7) is 0. The Labute approximate surface area is 93.7 Å². The summed E-state index contributed by atoms with van der Waals surface area (Å²) in [5.74, 6) is 0.127. The Morgan fingerprint density at radius 1 is 1.57 bits per heavy atom. The summed E-state index contributed by atoms with van der Waals surface area (Å²) < 4.78 is 5.85. The lowest BCUT2D eigenvalue weighted by Crippen LogP contribution is -1.99. The fourth-order valence-electron chi connectivity index (χ4n) is 1.13. The molecule has 0 aliphatic rings. The van der Waals surface area contributed by atoms with Crippen LogP contribution in [0.1, 0.15) is 15.2 Å². The minimum Gasteiger partial charge on any atom is -0.472 e. The summed E-state index contributed by atoms with van der Waals surface area (Å²) in [5, 5.41) is 1.91. The maximum atomic E-state index is 11.7. The summed E-state index contributed by atoms with van der Waals surface area (Å²) in [7, 11) is 0. The third kappa shape index (κ3) is 2.13. The Hall–Kier alpha value is -0.870. The second kappa shape index (κ2) is 4.11. The standard InChI is InChI=1S/C10H7BrO2S/c11-8-4-10(14-6-8)9(12)3-7-1-2-13-5-7/h1-2,4-6H,3H2. The number of Topliss-reactive ketones (excluding diaryl/α,β-unsaturated/α-hetero) is 1. The van der Waals surface area contributed by atoms with Crippen LogP contribution in [0.5, 0.6) is 0 Å². The highest BCUT2D eigenvalue weighted by Gasteiger charge is 2.09. The average molecular weight is 271 g/mol. The van der Waals surface area contributed by atoms with Crippen LogP contribution in [0.4, 0.5) is 0 Å². The van der Waals surface area contributed by atoms with Gasteiger partial charge in [-0.25, -0.2) is 0 Å². The number of ketones is 1. The van der Waals surface area contributed by atoms with Gasteiger partial charge >= 0.3 is 0 Å². The van der Waals surface area contributed by atoms with Crippen molar-refractivity contribution in [1.29, 1.82) is 0 Å². The summed E-state index contributed by atoms with van der Waals surface area (Å²) >= 11 is 4.77. The van der Waals surface area contributed by atoms with Gasteiger partial charge in [0, 0.05) is 16.3 Å². The molecule has 4 heteroatoms. The monoisotopic (exact) mass is 270 g/mol. The molecule has 0 unspecified atom stereocenters. The molecule has 0 saturated heterocycles. The van der Waals surface area contributed by atoms with Gasteiger partial charge in [0.1, 0.15) is 0 Å². The van der Waals surface area contributed by atoms with E-state index >= 15 is 0 Å². The molecule has 0 saturated carbocycles. The van der Waals surface area contributed by atoms with Gasteiger partial charge in [-0.2, -0.15) is 0 Å². The third-order valence-corrected chi connectivity index (χ3v) is 3.52. The first-order valence-electron chi connectivity index (χ1n) is 4.04. The Balaban J connectivity index is 2.10. The first-order valence-corrected chi connectivity index (χ1v) is 5.71. The number of rotatable bonds is 3. The Bertz CT molecular complexity index is 431. The molecule has 0 aliphatic heterocycles. The second-order valence-corrected chi connectivity index (χ2v) is 4.69. The second-order valence-electron chi connectivity index (χ2n) is 2.86. The Kier molecular flexibility index (Phi) is 2.84. The molecule has 72 valence electrons. The summed E-state index contributed by atoms with van der Waals surface area (Å²) in [6.07, 6.45) is 3.58. The molecule has 0 amide bonds. The molecule has 2 nitrogen and oxygen atoms in total. The molecule has 2 heterocycles. The van der Waals surface area contributed by atoms with Crippen molar-refractivity contribution in [1.82, 2.24) is 0 Å². The number of carbonyl (C=O) groups is 1. The SMILES string of the molecule is O=C(Cc1ccoc1)c1cc(Br)cs1. The molecule has 2 aromatic heterocycles. The van der Waals surface area contributed by atoms with E-state index in [1.165, 1.54) is 11.3 Å². The largest absolute Gasteiger partial charge is 0.472 e. The van der Waals surface area contributed by atoms with Crippen molar-refractivity contribution in [3.63, 3.8) is 0 Å². The van der Waals surface area contributed by atoms with Gasteiger partial charge in [0.2, 0.25) is 0 Å². The zero-order chi connectivity index (χ0) is 9.97. The molecule has 0 atom stereocenters. The van der Waals surface area contributed by atoms with Crippen LogP contribution in [-0.2, 0) is 6.42 Å². The molecular weight excluding hydrogens is 264 g/mol. The van der Waals surface area contributed by atoms with Gasteiger partial charge in [0.15, 0.2) is 5.78 Å². The molecular formula is C10H7BrO2S. The van der Waals surface area contributed by atoms with E-state index in [9.17, 15) is 4.79 Å². The molecule has 0 spiro atoms. The van der Waals surface area contributed by atoms with Crippen molar-refractivity contribution in [3.8, 4) is 0 Å². The van der Waals surface area contributed by atoms with Gasteiger partial charge in [-0.1, -0.05) is 0 Å². The van der Waals surface area contributed by atoms with Crippen molar-refractivity contribution in [2.24, 2.45) is 0 Å². The van der Waals surface area contributed by atoms with E-state index in [1.807, 2.05) is 11.4 Å². The zero-order valence-electron chi connectivity index (χ0n) is 7.20. The van der Waals surface area contributed by atoms with Crippen molar-refractivity contribution in [2.75, 3.05) is 0 Å². The third-order valence-electron chi connectivity index (χ3n) is 1.79. The molecule has 2 rings (SSSR count). The zero-order valence-corrected chi connectivity index (χ0v) is 9.60. The fourth-order valence-corrected chi connectivity index (χ4v) is 2.49. The Morgan fingerprint density at radius 2 is 2.43 bits per heavy atom. The summed E-state index contributed by atoms with van der Waals surface area (Å²) in [4.78, 5) is 12.4. The summed E-state index contributed by atoms with van der Waals surface area (Å²) in [6, 6.07) is 3.65. The molecule has 0 fully saturated rings. The lowest BCUT2D eigenvalue weighted by atomic mass is 10.1. The number of furan rings is 1. The smallest absolute Gasteiger partial charge is 0.177 e. The van der Waals surface area contributed by atoms with Crippen LogP contribution < -0.4 is 0 Å². The van der Waals surface area contributed by atoms with Gasteiger partial charge in [-0.3, -0.25) is 4.79 Å². The lowest BCUT2D eigenvalue weighted by Gasteiger charge is -1.92. The van der Waals surface area contributed by atoms with E-state index in [2.05, 4.69) is 15.9 Å². The van der Waals surface area contributed by atoms with Crippen LogP contribution >= 0.6 is 27.3 Å². The quantitative estimate of drug-likeness (QED) is 0.799. The van der Waals surface area contributed by atoms with Gasteiger partial charge < -0.3 is 4.42 Å². The van der Waals surface area contributed by atoms with E-state index in [0.717, 1.165) is 14.9 Å². The number of hydrogen-bond donors (Lipinski definition) is 0. The predicted octanol–water partition coefficient (Wildman–Crippen LogP) is 3.53. The van der Waals surface area contributed by atoms with E-state index < -0.39 is 0 Å². The van der Waals surface area contributed by atoms with Gasteiger partial charge in [0.05, 0.1) is 17.4 Å². The highest BCUT2D eigenvalue weighted by Crippen LogP contribution is 2.21. The van der Waals surface area contributed by atoms with Crippen molar-refractivity contribution >= 4 is 33.0 Å². The van der Waals surface area contributed by atoms with E-state index in [0.29, 0.717) is 6.42 Å². The van der Waals surface area contributed by atoms with Gasteiger partial charge in [-0.15, -0.1) is 11.3 Å². The number of halogens is 1. The van der Waals surface area contributed by atoms with Crippen LogP contribution in [0.2, 0.25) is 0 Å². The molecule has 2 aromatic rings. The van der Waals surface area contributed by atoms with Crippen LogP contribution in [0.3, 0.4) is 0 Å². The van der Waals surface area contributed by atoms with E-state index in [-0.39, 0.29) is 5.78 Å². The molecule has 0 N–H and O–H groups in total. The maximum absolute atomic E-state index is 11.7. The van der Waals surface area contributed by atoms with Crippen molar-refractivity contribution < 1.29 is 9.21 Å². The first-order chi connectivity index (χ1) is 6.75. The molecule has 0 aliphatic carbocycles. The normalized spacial score (nSPS) is 10.4. The van der Waals surface area contributed by atoms with E-state index in [1.54, 1.807) is 18.6 Å². The highest BCUT2D eigenvalue weighted by atomic mass is 79.9. The minimum absolute atomic E-state index is 0.127. The van der Waals surface area contributed by atoms with Crippen molar-refractivity contribution in [2.45, 2.75) is 6.42 Å². The van der Waals surface area contributed by atoms with Gasteiger partial charge in [-0.05, 0) is 33.6 Å². The van der Waals surface area contributed by atoms with E-state index in [4.69, 9.17) is 4.42 Å². The topological polar surface area (TPSA) is 30.2 Å². The number of carbonyl (C=O) groups excluding carboxylic acids is 1. The van der Waals surface area contributed by atoms with Crippen molar-refractivity contribution in [3.05, 3.63) is 45.0 Å². The predicted molar refractivity (Wildman–Crippen MR) is 58.8 cm³/mol. The highest BCUT2D eigenvalue weighted by molar-refractivity contribution is 9.10. The lowest BCUT2D eigenvalue weighted by molar-refractivity contribution is 0.0996. The van der Waals surface area contributed by atoms with Crippen LogP contribution in [0.25, 0.3) is 0 Å². The number of hydrogen-bond acceptors (Lipinski definition) is 3. The maximum Gasteiger partial charge on any atom is 0.177 e. The van der Waals surface area contributed by atoms with Crippen LogP contribution in [-0.4, -0.2) is 5.78 Å². The summed E-state index contributed by atoms with van der Waals surface area (Å²) in [5.41, 5.74) is 0.916. The molecule has 0 aromatic carbocycles. The minimum atomic E-state index is 0.127. The Morgan fingerprint density at radius 3 is 3.00 bits per heavy atom. The van der Waals surface area contributed by atoms with Crippen LogP contribution in [0.15, 0.2) is 38.9 Å². The first kappa shape index (κ1) is 9.68. The number of thiophene rings is 1.